The molecular formula is C12H18N4O. The normalized spacial score (nSPS) is 27.5. The van der Waals surface area contributed by atoms with Crippen LogP contribution in [0.4, 0.5) is 5.69 Å². The minimum atomic E-state index is 0.0388. The zero-order chi connectivity index (χ0) is 12.0. The van der Waals surface area contributed by atoms with Crippen LogP contribution in [0, 0.1) is 11.8 Å². The van der Waals surface area contributed by atoms with Gasteiger partial charge in [-0.3, -0.25) is 9.48 Å². The average Bonchev–Trinajstić information content (AvgIpc) is 2.92. The summed E-state index contributed by atoms with van der Waals surface area (Å²) in [6.45, 7) is 1.79. The lowest BCUT2D eigenvalue weighted by Crippen LogP contribution is -2.31. The van der Waals surface area contributed by atoms with Gasteiger partial charge < -0.3 is 10.6 Å². The lowest BCUT2D eigenvalue weighted by molar-refractivity contribution is 0.0771. The van der Waals surface area contributed by atoms with E-state index in [1.54, 1.807) is 17.9 Å². The van der Waals surface area contributed by atoms with E-state index in [9.17, 15) is 4.79 Å². The first-order valence-corrected chi connectivity index (χ1v) is 6.23. The van der Waals surface area contributed by atoms with Gasteiger partial charge in [-0.2, -0.15) is 5.10 Å². The molecule has 5 nitrogen and oxygen atoms in total. The molecule has 1 aromatic rings. The van der Waals surface area contributed by atoms with E-state index in [2.05, 4.69) is 5.10 Å². The van der Waals surface area contributed by atoms with Gasteiger partial charge in [-0.05, 0) is 24.7 Å². The van der Waals surface area contributed by atoms with E-state index < -0.39 is 0 Å². The van der Waals surface area contributed by atoms with Crippen molar-refractivity contribution in [3.8, 4) is 0 Å². The summed E-state index contributed by atoms with van der Waals surface area (Å²) in [4.78, 5) is 14.3. The maximum Gasteiger partial charge on any atom is 0.274 e. The van der Waals surface area contributed by atoms with Crippen LogP contribution in [-0.4, -0.2) is 33.7 Å². The SMILES string of the molecule is Cn1ncc(N)c1C(=O)N1CC2CCCC2C1. The molecule has 2 atom stereocenters. The van der Waals surface area contributed by atoms with Crippen molar-refractivity contribution in [1.82, 2.24) is 14.7 Å². The van der Waals surface area contributed by atoms with E-state index in [-0.39, 0.29) is 5.91 Å². The molecule has 2 fully saturated rings. The average molecular weight is 234 g/mol. The number of carbonyl (C=O) groups excluding carboxylic acids is 1. The molecule has 92 valence electrons. The molecule has 1 saturated carbocycles. The van der Waals surface area contributed by atoms with Crippen molar-refractivity contribution in [3.05, 3.63) is 11.9 Å². The molecule has 2 unspecified atom stereocenters. The number of likely N-dealkylation sites (tertiary alicyclic amines) is 1. The Hall–Kier alpha value is -1.52. The van der Waals surface area contributed by atoms with Crippen LogP contribution in [0.2, 0.25) is 0 Å². The van der Waals surface area contributed by atoms with E-state index in [1.807, 2.05) is 4.90 Å². The van der Waals surface area contributed by atoms with Gasteiger partial charge >= 0.3 is 0 Å². The largest absolute Gasteiger partial charge is 0.396 e. The Bertz CT molecular complexity index is 422. The van der Waals surface area contributed by atoms with E-state index in [4.69, 9.17) is 5.73 Å². The number of nitrogen functional groups attached to an aromatic ring is 1. The zero-order valence-electron chi connectivity index (χ0n) is 10.1. The first-order chi connectivity index (χ1) is 8.16. The first kappa shape index (κ1) is 10.6. The van der Waals surface area contributed by atoms with Gasteiger partial charge in [0.15, 0.2) is 0 Å². The van der Waals surface area contributed by atoms with Gasteiger partial charge in [0.25, 0.3) is 5.91 Å². The summed E-state index contributed by atoms with van der Waals surface area (Å²) in [7, 11) is 1.76. The fourth-order valence-corrected chi connectivity index (χ4v) is 3.27. The van der Waals surface area contributed by atoms with Crippen molar-refractivity contribution in [2.45, 2.75) is 19.3 Å². The molecule has 1 saturated heterocycles. The second-order valence-corrected chi connectivity index (χ2v) is 5.23. The van der Waals surface area contributed by atoms with Crippen LogP contribution in [0.25, 0.3) is 0 Å². The summed E-state index contributed by atoms with van der Waals surface area (Å²) in [5.74, 6) is 1.47. The molecule has 0 bridgehead atoms. The van der Waals surface area contributed by atoms with Crippen molar-refractivity contribution >= 4 is 11.6 Å². The lowest BCUT2D eigenvalue weighted by atomic mass is 10.0. The number of hydrogen-bond acceptors (Lipinski definition) is 3. The standard InChI is InChI=1S/C12H18N4O/c1-15-11(10(13)5-14-15)12(17)16-6-8-3-2-4-9(8)7-16/h5,8-9H,2-4,6-7,13H2,1H3. The quantitative estimate of drug-likeness (QED) is 0.784. The Kier molecular flexibility index (Phi) is 2.34. The number of anilines is 1. The summed E-state index contributed by atoms with van der Waals surface area (Å²) >= 11 is 0. The lowest BCUT2D eigenvalue weighted by Gasteiger charge is -2.17. The Morgan fingerprint density at radius 1 is 1.41 bits per heavy atom. The van der Waals surface area contributed by atoms with Crippen LogP contribution in [-0.2, 0) is 7.05 Å². The molecule has 17 heavy (non-hydrogen) atoms. The third kappa shape index (κ3) is 1.61. The maximum atomic E-state index is 12.4. The van der Waals surface area contributed by atoms with Crippen LogP contribution >= 0.6 is 0 Å². The van der Waals surface area contributed by atoms with Crippen LogP contribution in [0.5, 0.6) is 0 Å². The number of aryl methyl sites for hydroxylation is 1. The molecule has 0 radical (unpaired) electrons. The Morgan fingerprint density at radius 2 is 2.06 bits per heavy atom. The molecule has 0 spiro atoms. The van der Waals surface area contributed by atoms with Gasteiger partial charge in [0.05, 0.1) is 11.9 Å². The number of aromatic nitrogens is 2. The Balaban J connectivity index is 1.80. The van der Waals surface area contributed by atoms with Gasteiger partial charge in [0.1, 0.15) is 5.69 Å². The van der Waals surface area contributed by atoms with Crippen LogP contribution in [0.15, 0.2) is 6.20 Å². The van der Waals surface area contributed by atoms with Gasteiger partial charge in [0, 0.05) is 20.1 Å². The monoisotopic (exact) mass is 234 g/mol. The molecule has 3 rings (SSSR count). The predicted octanol–water partition coefficient (Wildman–Crippen LogP) is 0.874. The van der Waals surface area contributed by atoms with Gasteiger partial charge in [-0.1, -0.05) is 6.42 Å². The number of nitrogens with two attached hydrogens (primary N) is 1. The minimum Gasteiger partial charge on any atom is -0.396 e. The number of rotatable bonds is 1. The van der Waals surface area contributed by atoms with Gasteiger partial charge in [-0.15, -0.1) is 0 Å². The third-order valence-electron chi connectivity index (χ3n) is 4.18. The van der Waals surface area contributed by atoms with Crippen molar-refractivity contribution in [2.24, 2.45) is 18.9 Å². The fraction of sp³-hybridized carbons (Fsp3) is 0.667. The van der Waals surface area contributed by atoms with Crippen LogP contribution < -0.4 is 5.73 Å². The van der Waals surface area contributed by atoms with E-state index >= 15 is 0 Å². The molecule has 2 heterocycles. The highest BCUT2D eigenvalue weighted by atomic mass is 16.2. The number of carbonyl (C=O) groups is 1. The molecule has 1 amide bonds. The second kappa shape index (κ2) is 3.75. The number of amides is 1. The predicted molar refractivity (Wildman–Crippen MR) is 64.4 cm³/mol. The van der Waals surface area contributed by atoms with E-state index in [0.717, 1.165) is 13.1 Å². The summed E-state index contributed by atoms with van der Waals surface area (Å²) in [5.41, 5.74) is 6.81. The number of hydrogen-bond donors (Lipinski definition) is 1. The van der Waals surface area contributed by atoms with Gasteiger partial charge in [-0.25, -0.2) is 0 Å². The molecule has 2 N–H and O–H groups in total. The number of fused-ring (bicyclic) bond motifs is 1. The molecule has 0 aromatic carbocycles. The molecular weight excluding hydrogens is 216 g/mol. The van der Waals surface area contributed by atoms with Crippen molar-refractivity contribution in [2.75, 3.05) is 18.8 Å². The van der Waals surface area contributed by atoms with Crippen molar-refractivity contribution in [1.29, 1.82) is 0 Å². The minimum absolute atomic E-state index is 0.0388. The van der Waals surface area contributed by atoms with E-state index in [1.165, 1.54) is 19.3 Å². The highest BCUT2D eigenvalue weighted by Gasteiger charge is 2.39. The molecule has 2 aliphatic rings. The fourth-order valence-electron chi connectivity index (χ4n) is 3.27. The summed E-state index contributed by atoms with van der Waals surface area (Å²) in [6.07, 6.45) is 5.42. The zero-order valence-corrected chi connectivity index (χ0v) is 10.1. The highest BCUT2D eigenvalue weighted by molar-refractivity contribution is 5.97. The molecule has 1 aliphatic carbocycles. The third-order valence-corrected chi connectivity index (χ3v) is 4.18. The second-order valence-electron chi connectivity index (χ2n) is 5.23. The highest BCUT2D eigenvalue weighted by Crippen LogP contribution is 2.38. The van der Waals surface area contributed by atoms with Crippen LogP contribution in [0.1, 0.15) is 29.8 Å². The topological polar surface area (TPSA) is 64.2 Å². The van der Waals surface area contributed by atoms with Crippen LogP contribution in [0.3, 0.4) is 0 Å². The van der Waals surface area contributed by atoms with Crippen molar-refractivity contribution in [3.63, 3.8) is 0 Å². The maximum absolute atomic E-state index is 12.4. The number of nitrogens with zero attached hydrogens (tertiary/aromatic N) is 3. The van der Waals surface area contributed by atoms with E-state index in [0.29, 0.717) is 23.2 Å². The summed E-state index contributed by atoms with van der Waals surface area (Å²) in [5, 5.41) is 4.02. The summed E-state index contributed by atoms with van der Waals surface area (Å²) in [6, 6.07) is 0. The first-order valence-electron chi connectivity index (χ1n) is 6.23. The smallest absolute Gasteiger partial charge is 0.274 e. The Labute approximate surface area is 101 Å². The van der Waals surface area contributed by atoms with Crippen molar-refractivity contribution < 1.29 is 4.79 Å². The molecule has 1 aromatic heterocycles. The summed E-state index contributed by atoms with van der Waals surface area (Å²) < 4.78 is 1.58. The Morgan fingerprint density at radius 3 is 2.59 bits per heavy atom. The van der Waals surface area contributed by atoms with Gasteiger partial charge in [0.2, 0.25) is 0 Å². The molecule has 5 heteroatoms. The molecule has 1 aliphatic heterocycles.